The Bertz CT molecular complexity index is 628. The van der Waals surface area contributed by atoms with Gasteiger partial charge in [0.25, 0.3) is 0 Å². The molecule has 0 bridgehead atoms. The monoisotopic (exact) mass is 362 g/mol. The molecule has 0 unspecified atom stereocenters. The molecule has 2 amide bonds. The van der Waals surface area contributed by atoms with Gasteiger partial charge in [0.15, 0.2) is 0 Å². The number of aromatic nitrogens is 1. The standard InChI is InChI=1S/C19H30N4O3/c1-14-17(15(2)26-21-14)11-22-12-19(13-22)16(6-10-25-19)5-7-20-18(24)23-8-3-4-9-23/h16H,3-13H2,1-2H3,(H,20,24)/t16-/m0/s1. The first-order chi connectivity index (χ1) is 12.6. The van der Waals surface area contributed by atoms with Crippen molar-refractivity contribution in [3.63, 3.8) is 0 Å². The van der Waals surface area contributed by atoms with Crippen LogP contribution in [0.3, 0.4) is 0 Å². The van der Waals surface area contributed by atoms with Crippen molar-refractivity contribution in [1.82, 2.24) is 20.3 Å². The molecule has 3 fully saturated rings. The molecule has 0 saturated carbocycles. The van der Waals surface area contributed by atoms with Crippen LogP contribution in [0.4, 0.5) is 4.79 Å². The number of nitrogens with zero attached hydrogens (tertiary/aromatic N) is 3. The molecule has 1 aromatic rings. The van der Waals surface area contributed by atoms with E-state index in [-0.39, 0.29) is 11.6 Å². The molecule has 0 aliphatic carbocycles. The molecule has 0 radical (unpaired) electrons. The van der Waals surface area contributed by atoms with Crippen molar-refractivity contribution in [2.75, 3.05) is 39.3 Å². The third-order valence-electron chi connectivity index (χ3n) is 6.31. The lowest BCUT2D eigenvalue weighted by Crippen LogP contribution is -2.64. The number of carbonyl (C=O) groups is 1. The van der Waals surface area contributed by atoms with Crippen LogP contribution in [0, 0.1) is 19.8 Å². The number of likely N-dealkylation sites (tertiary alicyclic amines) is 2. The van der Waals surface area contributed by atoms with Gasteiger partial charge in [0.1, 0.15) is 5.76 Å². The van der Waals surface area contributed by atoms with Crippen LogP contribution in [-0.2, 0) is 11.3 Å². The topological polar surface area (TPSA) is 70.8 Å². The minimum atomic E-state index is -0.0165. The second-order valence-electron chi connectivity index (χ2n) is 8.06. The van der Waals surface area contributed by atoms with Gasteiger partial charge in [0.2, 0.25) is 0 Å². The highest BCUT2D eigenvalue weighted by molar-refractivity contribution is 5.74. The molecule has 26 heavy (non-hydrogen) atoms. The lowest BCUT2D eigenvalue weighted by atomic mass is 9.78. The molecule has 4 heterocycles. The van der Waals surface area contributed by atoms with E-state index < -0.39 is 0 Å². The summed E-state index contributed by atoms with van der Waals surface area (Å²) < 4.78 is 11.4. The number of nitrogens with one attached hydrogen (secondary N) is 1. The number of urea groups is 1. The van der Waals surface area contributed by atoms with E-state index >= 15 is 0 Å². The lowest BCUT2D eigenvalue weighted by molar-refractivity contribution is -0.136. The Morgan fingerprint density at radius 3 is 2.77 bits per heavy atom. The first-order valence-electron chi connectivity index (χ1n) is 9.88. The number of rotatable bonds is 5. The highest BCUT2D eigenvalue weighted by atomic mass is 16.5. The predicted octanol–water partition coefficient (Wildman–Crippen LogP) is 2.08. The summed E-state index contributed by atoms with van der Waals surface area (Å²) in [6, 6.07) is 0.101. The summed E-state index contributed by atoms with van der Waals surface area (Å²) in [4.78, 5) is 16.5. The maximum absolute atomic E-state index is 12.1. The van der Waals surface area contributed by atoms with Crippen molar-refractivity contribution in [2.45, 2.75) is 51.7 Å². The van der Waals surface area contributed by atoms with Crippen LogP contribution in [0.5, 0.6) is 0 Å². The van der Waals surface area contributed by atoms with Gasteiger partial charge >= 0.3 is 6.03 Å². The number of aryl methyl sites for hydroxylation is 2. The summed E-state index contributed by atoms with van der Waals surface area (Å²) >= 11 is 0. The van der Waals surface area contributed by atoms with Crippen molar-refractivity contribution < 1.29 is 14.1 Å². The van der Waals surface area contributed by atoms with Gasteiger partial charge in [-0.3, -0.25) is 4.90 Å². The zero-order valence-corrected chi connectivity index (χ0v) is 15.9. The van der Waals surface area contributed by atoms with E-state index in [0.29, 0.717) is 5.92 Å². The normalized spacial score (nSPS) is 25.0. The van der Waals surface area contributed by atoms with Crippen LogP contribution in [-0.4, -0.2) is 65.9 Å². The molecular formula is C19H30N4O3. The average Bonchev–Trinajstić information content (AvgIpc) is 3.31. The molecule has 1 aromatic heterocycles. The van der Waals surface area contributed by atoms with Crippen LogP contribution in [0.25, 0.3) is 0 Å². The van der Waals surface area contributed by atoms with E-state index in [1.54, 1.807) is 0 Å². The Hall–Kier alpha value is -1.60. The molecule has 1 atom stereocenters. The third kappa shape index (κ3) is 3.34. The zero-order chi connectivity index (χ0) is 18.1. The SMILES string of the molecule is Cc1noc(C)c1CN1CC2(C1)OCC[C@@H]2CCNC(=O)N1CCCC1. The maximum atomic E-state index is 12.1. The Balaban J connectivity index is 1.24. The molecule has 7 heteroatoms. The van der Waals surface area contributed by atoms with E-state index in [4.69, 9.17) is 9.26 Å². The molecule has 3 aliphatic rings. The van der Waals surface area contributed by atoms with E-state index in [1.807, 2.05) is 18.7 Å². The van der Waals surface area contributed by atoms with E-state index in [2.05, 4.69) is 15.4 Å². The van der Waals surface area contributed by atoms with Crippen molar-refractivity contribution in [3.05, 3.63) is 17.0 Å². The quantitative estimate of drug-likeness (QED) is 0.868. The summed E-state index contributed by atoms with van der Waals surface area (Å²) in [7, 11) is 0. The zero-order valence-electron chi connectivity index (χ0n) is 15.9. The number of hydrogen-bond donors (Lipinski definition) is 1. The van der Waals surface area contributed by atoms with Crippen LogP contribution >= 0.6 is 0 Å². The van der Waals surface area contributed by atoms with Gasteiger partial charge in [0.05, 0.1) is 11.3 Å². The van der Waals surface area contributed by atoms with Gasteiger partial charge in [-0.2, -0.15) is 0 Å². The van der Waals surface area contributed by atoms with Crippen molar-refractivity contribution in [3.8, 4) is 0 Å². The minimum Gasteiger partial charge on any atom is -0.372 e. The highest BCUT2D eigenvalue weighted by Gasteiger charge is 2.52. The Morgan fingerprint density at radius 2 is 2.08 bits per heavy atom. The van der Waals surface area contributed by atoms with Gasteiger partial charge in [0, 0.05) is 51.4 Å². The fourth-order valence-corrected chi connectivity index (χ4v) is 4.70. The van der Waals surface area contributed by atoms with Crippen molar-refractivity contribution >= 4 is 6.03 Å². The minimum absolute atomic E-state index is 0.0165. The average molecular weight is 362 g/mol. The van der Waals surface area contributed by atoms with Gasteiger partial charge in [-0.15, -0.1) is 0 Å². The van der Waals surface area contributed by atoms with Crippen molar-refractivity contribution in [1.29, 1.82) is 0 Å². The first kappa shape index (κ1) is 17.8. The lowest BCUT2D eigenvalue weighted by Gasteiger charge is -2.50. The van der Waals surface area contributed by atoms with Crippen LogP contribution in [0.1, 0.15) is 42.7 Å². The smallest absolute Gasteiger partial charge is 0.317 e. The van der Waals surface area contributed by atoms with Crippen LogP contribution in [0.2, 0.25) is 0 Å². The maximum Gasteiger partial charge on any atom is 0.317 e. The molecular weight excluding hydrogens is 332 g/mol. The molecule has 1 spiro atoms. The summed E-state index contributed by atoms with van der Waals surface area (Å²) in [6.07, 6.45) is 4.36. The molecule has 4 rings (SSSR count). The number of hydrogen-bond acceptors (Lipinski definition) is 5. The predicted molar refractivity (Wildman–Crippen MR) is 96.9 cm³/mol. The molecule has 3 aliphatic heterocycles. The second kappa shape index (κ2) is 7.19. The van der Waals surface area contributed by atoms with Gasteiger partial charge < -0.3 is 19.5 Å². The first-order valence-corrected chi connectivity index (χ1v) is 9.88. The molecule has 144 valence electrons. The fourth-order valence-electron chi connectivity index (χ4n) is 4.70. The van der Waals surface area contributed by atoms with Gasteiger partial charge in [-0.05, 0) is 45.4 Å². The Kier molecular flexibility index (Phi) is 4.92. The van der Waals surface area contributed by atoms with E-state index in [9.17, 15) is 4.79 Å². The second-order valence-corrected chi connectivity index (χ2v) is 8.06. The third-order valence-corrected chi connectivity index (χ3v) is 6.31. The summed E-state index contributed by atoms with van der Waals surface area (Å²) in [5, 5.41) is 7.14. The highest BCUT2D eigenvalue weighted by Crippen LogP contribution is 2.42. The Morgan fingerprint density at radius 1 is 1.31 bits per heavy atom. The van der Waals surface area contributed by atoms with Gasteiger partial charge in [-0.1, -0.05) is 5.16 Å². The number of carbonyl (C=O) groups excluding carboxylic acids is 1. The molecule has 0 aromatic carbocycles. The van der Waals surface area contributed by atoms with Crippen LogP contribution < -0.4 is 5.32 Å². The number of amides is 2. The number of ether oxygens (including phenoxy) is 1. The molecule has 3 saturated heterocycles. The summed E-state index contributed by atoms with van der Waals surface area (Å²) in [5.41, 5.74) is 2.17. The largest absolute Gasteiger partial charge is 0.372 e. The summed E-state index contributed by atoms with van der Waals surface area (Å²) in [6.45, 7) is 10.2. The van der Waals surface area contributed by atoms with Gasteiger partial charge in [-0.25, -0.2) is 4.79 Å². The Labute approximate surface area is 155 Å². The van der Waals surface area contributed by atoms with Crippen LogP contribution in [0.15, 0.2) is 4.52 Å². The van der Waals surface area contributed by atoms with Crippen molar-refractivity contribution in [2.24, 2.45) is 5.92 Å². The summed E-state index contributed by atoms with van der Waals surface area (Å²) in [5.74, 6) is 1.44. The van der Waals surface area contributed by atoms with E-state index in [0.717, 1.165) is 83.0 Å². The fraction of sp³-hybridized carbons (Fsp3) is 0.789. The van der Waals surface area contributed by atoms with E-state index in [1.165, 1.54) is 5.56 Å². The molecule has 1 N–H and O–H groups in total. The molecule has 7 nitrogen and oxygen atoms in total.